The quantitative estimate of drug-likeness (QED) is 0.695. The molecule has 1 amide bonds. The molecule has 2 rings (SSSR count). The molecule has 0 aliphatic carbocycles. The van der Waals surface area contributed by atoms with Gasteiger partial charge in [-0.3, -0.25) is 4.79 Å². The highest BCUT2D eigenvalue weighted by Gasteiger charge is 2.33. The van der Waals surface area contributed by atoms with Crippen molar-refractivity contribution in [2.24, 2.45) is 5.92 Å². The van der Waals surface area contributed by atoms with Crippen LogP contribution in [0.2, 0.25) is 0 Å². The third-order valence-corrected chi connectivity index (χ3v) is 6.76. The standard InChI is InChI=1S/C18H29N3O5S/c1-19-9-12-20(2)18(22)14-7-10-21(11-8-14)27(23,24)15-5-6-16(25-3)17(13-15)26-4/h5-6,13-14,19H,7-12H2,1-4H3. The van der Waals surface area contributed by atoms with E-state index in [1.54, 1.807) is 18.0 Å². The highest BCUT2D eigenvalue weighted by atomic mass is 32.2. The van der Waals surface area contributed by atoms with Crippen molar-refractivity contribution in [3.8, 4) is 11.5 Å². The number of likely N-dealkylation sites (N-methyl/N-ethyl adjacent to an activating group) is 2. The van der Waals surface area contributed by atoms with E-state index in [2.05, 4.69) is 5.32 Å². The van der Waals surface area contributed by atoms with Gasteiger partial charge in [-0.05, 0) is 32.0 Å². The molecule has 27 heavy (non-hydrogen) atoms. The van der Waals surface area contributed by atoms with Crippen LogP contribution >= 0.6 is 0 Å². The van der Waals surface area contributed by atoms with Crippen LogP contribution in [0.3, 0.4) is 0 Å². The molecule has 0 aromatic heterocycles. The van der Waals surface area contributed by atoms with Gasteiger partial charge in [-0.2, -0.15) is 4.31 Å². The van der Waals surface area contributed by atoms with Crippen molar-refractivity contribution in [1.82, 2.24) is 14.5 Å². The maximum absolute atomic E-state index is 12.9. The normalized spacial score (nSPS) is 16.1. The molecule has 152 valence electrons. The molecule has 1 aromatic carbocycles. The lowest BCUT2D eigenvalue weighted by Gasteiger charge is -2.32. The first kappa shape index (κ1) is 21.5. The first-order chi connectivity index (χ1) is 12.8. The van der Waals surface area contributed by atoms with E-state index in [1.165, 1.54) is 30.7 Å². The van der Waals surface area contributed by atoms with Gasteiger partial charge >= 0.3 is 0 Å². The fraction of sp³-hybridized carbons (Fsp3) is 0.611. The molecule has 0 atom stereocenters. The Hall–Kier alpha value is -1.84. The number of rotatable bonds is 8. The summed E-state index contributed by atoms with van der Waals surface area (Å²) in [6, 6.07) is 4.56. The predicted molar refractivity (Wildman–Crippen MR) is 103 cm³/mol. The zero-order chi connectivity index (χ0) is 20.0. The molecule has 1 N–H and O–H groups in total. The third kappa shape index (κ3) is 4.91. The van der Waals surface area contributed by atoms with Crippen molar-refractivity contribution in [3.05, 3.63) is 18.2 Å². The molecular weight excluding hydrogens is 370 g/mol. The summed E-state index contributed by atoms with van der Waals surface area (Å²) in [5.74, 6) is 0.789. The molecule has 1 aromatic rings. The molecule has 1 fully saturated rings. The van der Waals surface area contributed by atoms with Gasteiger partial charge in [-0.15, -0.1) is 0 Å². The van der Waals surface area contributed by atoms with E-state index >= 15 is 0 Å². The van der Waals surface area contributed by atoms with E-state index in [1.807, 2.05) is 7.05 Å². The second-order valence-corrected chi connectivity index (χ2v) is 8.50. The van der Waals surface area contributed by atoms with Crippen molar-refractivity contribution in [1.29, 1.82) is 0 Å². The summed E-state index contributed by atoms with van der Waals surface area (Å²) in [4.78, 5) is 14.4. The minimum atomic E-state index is -3.64. The summed E-state index contributed by atoms with van der Waals surface area (Å²) in [5.41, 5.74) is 0. The van der Waals surface area contributed by atoms with Crippen LogP contribution in [0.25, 0.3) is 0 Å². The molecular formula is C18H29N3O5S. The third-order valence-electron chi connectivity index (χ3n) is 4.87. The van der Waals surface area contributed by atoms with Gasteiger partial charge in [-0.25, -0.2) is 8.42 Å². The Kier molecular flexibility index (Phi) is 7.46. The summed E-state index contributed by atoms with van der Waals surface area (Å²) in [6.07, 6.45) is 1.05. The number of hydrogen-bond donors (Lipinski definition) is 1. The number of sulfonamides is 1. The first-order valence-electron chi connectivity index (χ1n) is 8.97. The lowest BCUT2D eigenvalue weighted by atomic mass is 9.97. The zero-order valence-corrected chi connectivity index (χ0v) is 17.2. The summed E-state index contributed by atoms with van der Waals surface area (Å²) in [7, 11) is 2.96. The molecule has 8 nitrogen and oxygen atoms in total. The van der Waals surface area contributed by atoms with Crippen molar-refractivity contribution >= 4 is 15.9 Å². The van der Waals surface area contributed by atoms with Crippen molar-refractivity contribution in [2.45, 2.75) is 17.7 Å². The molecule has 0 spiro atoms. The summed E-state index contributed by atoms with van der Waals surface area (Å²) in [6.45, 7) is 2.02. The minimum Gasteiger partial charge on any atom is -0.493 e. The SMILES string of the molecule is CNCCN(C)C(=O)C1CCN(S(=O)(=O)c2ccc(OC)c(OC)c2)CC1. The Morgan fingerprint density at radius 3 is 2.41 bits per heavy atom. The number of hydrogen-bond acceptors (Lipinski definition) is 6. The number of amides is 1. The predicted octanol–water partition coefficient (Wildman–Crippen LogP) is 0.782. The zero-order valence-electron chi connectivity index (χ0n) is 16.4. The van der Waals surface area contributed by atoms with E-state index < -0.39 is 10.0 Å². The average molecular weight is 400 g/mol. The van der Waals surface area contributed by atoms with Crippen LogP contribution in [-0.4, -0.2) is 78.0 Å². The maximum atomic E-state index is 12.9. The largest absolute Gasteiger partial charge is 0.493 e. The van der Waals surface area contributed by atoms with Crippen molar-refractivity contribution in [3.63, 3.8) is 0 Å². The molecule has 9 heteroatoms. The summed E-state index contributed by atoms with van der Waals surface area (Å²) < 4.78 is 37.7. The Labute approximate surface area is 161 Å². The maximum Gasteiger partial charge on any atom is 0.243 e. The van der Waals surface area contributed by atoms with Crippen LogP contribution < -0.4 is 14.8 Å². The first-order valence-corrected chi connectivity index (χ1v) is 10.4. The Bertz CT molecular complexity index is 745. The van der Waals surface area contributed by atoms with Crippen LogP contribution in [-0.2, 0) is 14.8 Å². The lowest BCUT2D eigenvalue weighted by Crippen LogP contribution is -2.44. The van der Waals surface area contributed by atoms with E-state index in [0.29, 0.717) is 44.0 Å². The lowest BCUT2D eigenvalue weighted by molar-refractivity contribution is -0.135. The van der Waals surface area contributed by atoms with Crippen molar-refractivity contribution < 1.29 is 22.7 Å². The number of benzene rings is 1. The Morgan fingerprint density at radius 2 is 1.85 bits per heavy atom. The van der Waals surface area contributed by atoms with Gasteiger partial charge in [0.1, 0.15) is 0 Å². The van der Waals surface area contributed by atoms with E-state index in [9.17, 15) is 13.2 Å². The summed E-state index contributed by atoms with van der Waals surface area (Å²) in [5, 5.41) is 3.02. The average Bonchev–Trinajstić information content (AvgIpc) is 2.70. The van der Waals surface area contributed by atoms with Crippen LogP contribution in [0.15, 0.2) is 23.1 Å². The van der Waals surface area contributed by atoms with Gasteiger partial charge in [0.2, 0.25) is 15.9 Å². The van der Waals surface area contributed by atoms with Gasteiger partial charge in [0.15, 0.2) is 11.5 Å². The van der Waals surface area contributed by atoms with Crippen LogP contribution in [0.4, 0.5) is 0 Å². The smallest absolute Gasteiger partial charge is 0.243 e. The number of nitrogens with one attached hydrogen (secondary N) is 1. The van der Waals surface area contributed by atoms with Crippen molar-refractivity contribution in [2.75, 3.05) is 54.5 Å². The molecule has 1 aliphatic heterocycles. The van der Waals surface area contributed by atoms with Gasteiger partial charge in [0, 0.05) is 45.2 Å². The molecule has 0 radical (unpaired) electrons. The fourth-order valence-electron chi connectivity index (χ4n) is 3.17. The molecule has 0 unspecified atom stereocenters. The summed E-state index contributed by atoms with van der Waals surface area (Å²) >= 11 is 0. The molecule has 0 saturated carbocycles. The van der Waals surface area contributed by atoms with Gasteiger partial charge in [0.05, 0.1) is 19.1 Å². The number of carbonyl (C=O) groups is 1. The van der Waals surface area contributed by atoms with E-state index in [-0.39, 0.29) is 16.7 Å². The molecule has 1 heterocycles. The second-order valence-electron chi connectivity index (χ2n) is 6.56. The number of methoxy groups -OCH3 is 2. The number of ether oxygens (including phenoxy) is 2. The highest BCUT2D eigenvalue weighted by molar-refractivity contribution is 7.89. The van der Waals surface area contributed by atoms with Crippen LogP contribution in [0, 0.1) is 5.92 Å². The minimum absolute atomic E-state index is 0.0772. The topological polar surface area (TPSA) is 88.2 Å². The van der Waals surface area contributed by atoms with Gasteiger partial charge < -0.3 is 19.7 Å². The fourth-order valence-corrected chi connectivity index (χ4v) is 4.66. The van der Waals surface area contributed by atoms with E-state index in [0.717, 1.165) is 6.54 Å². The number of carbonyl (C=O) groups excluding carboxylic acids is 1. The molecule has 1 saturated heterocycles. The molecule has 1 aliphatic rings. The monoisotopic (exact) mass is 399 g/mol. The van der Waals surface area contributed by atoms with Crippen LogP contribution in [0.1, 0.15) is 12.8 Å². The number of piperidine rings is 1. The van der Waals surface area contributed by atoms with Crippen LogP contribution in [0.5, 0.6) is 11.5 Å². The highest BCUT2D eigenvalue weighted by Crippen LogP contribution is 2.32. The Balaban J connectivity index is 2.05. The van der Waals surface area contributed by atoms with Gasteiger partial charge in [-0.1, -0.05) is 0 Å². The Morgan fingerprint density at radius 1 is 1.22 bits per heavy atom. The molecule has 0 bridgehead atoms. The number of nitrogens with zero attached hydrogens (tertiary/aromatic N) is 2. The van der Waals surface area contributed by atoms with E-state index in [4.69, 9.17) is 9.47 Å². The van der Waals surface area contributed by atoms with Gasteiger partial charge in [0.25, 0.3) is 0 Å². The second kappa shape index (κ2) is 9.38.